The molecule has 0 aliphatic heterocycles. The van der Waals surface area contributed by atoms with E-state index in [2.05, 4.69) is 26.2 Å². The molecule has 0 nitrogen and oxygen atoms in total. The molecule has 0 saturated heterocycles. The van der Waals surface area contributed by atoms with E-state index in [-0.39, 0.29) is 0 Å². The topological polar surface area (TPSA) is 0 Å². The van der Waals surface area contributed by atoms with Gasteiger partial charge in [-0.3, -0.25) is 0 Å². The van der Waals surface area contributed by atoms with Gasteiger partial charge in [0.05, 0.1) is 0 Å². The first-order valence-corrected chi connectivity index (χ1v) is 4.89. The minimum absolute atomic E-state index is 1.18. The van der Waals surface area contributed by atoms with E-state index >= 15 is 0 Å². The first-order valence-electron chi connectivity index (χ1n) is 2.68. The first-order chi connectivity index (χ1) is 3.85. The number of hydrogen-bond acceptors (Lipinski definition) is 2. The Balaban J connectivity index is 3.38. The van der Waals surface area contributed by atoms with Crippen LogP contribution in [0, 0.1) is 0 Å². The van der Waals surface area contributed by atoms with Gasteiger partial charge in [0.2, 0.25) is 0 Å². The molecule has 0 spiro atoms. The van der Waals surface area contributed by atoms with E-state index in [0.717, 1.165) is 0 Å². The van der Waals surface area contributed by atoms with Crippen LogP contribution in [0.1, 0.15) is 13.8 Å². The molecule has 0 aromatic rings. The van der Waals surface area contributed by atoms with Crippen LogP contribution in [0.3, 0.4) is 0 Å². The number of hydrogen-bond donors (Lipinski definition) is 0. The Hall–Kier alpha value is 0.440. The Morgan fingerprint density at radius 1 is 1.62 bits per heavy atom. The average Bonchev–Trinajstić information content (AvgIpc) is 1.83. The van der Waals surface area contributed by atoms with Gasteiger partial charge in [0.15, 0.2) is 0 Å². The summed E-state index contributed by atoms with van der Waals surface area (Å²) < 4.78 is 1.42. The summed E-state index contributed by atoms with van der Waals surface area (Å²) in [4.78, 5) is 0. The van der Waals surface area contributed by atoms with E-state index < -0.39 is 0 Å². The molecule has 8 heavy (non-hydrogen) atoms. The lowest BCUT2D eigenvalue weighted by Crippen LogP contribution is -1.67. The van der Waals surface area contributed by atoms with Crippen molar-refractivity contribution in [3.05, 3.63) is 10.3 Å². The van der Waals surface area contributed by atoms with Gasteiger partial charge < -0.3 is 0 Å². The van der Waals surface area contributed by atoms with E-state index in [1.807, 2.05) is 23.5 Å². The Labute approximate surface area is 60.1 Å². The summed E-state index contributed by atoms with van der Waals surface area (Å²) in [6.07, 6.45) is 4.26. The van der Waals surface area contributed by atoms with Crippen LogP contribution >= 0.6 is 23.5 Å². The van der Waals surface area contributed by atoms with Gasteiger partial charge in [0, 0.05) is 4.24 Å². The number of allylic oxidation sites excluding steroid dienone is 1. The lowest BCUT2D eigenvalue weighted by atomic mass is 10.8. The maximum atomic E-state index is 2.17. The maximum Gasteiger partial charge on any atom is 0.0355 e. The highest BCUT2D eigenvalue weighted by atomic mass is 32.2. The molecule has 0 saturated carbocycles. The molecule has 0 heterocycles. The monoisotopic (exact) mass is 148 g/mol. The largest absolute Gasteiger partial charge is 0.123 e. The van der Waals surface area contributed by atoms with Crippen molar-refractivity contribution in [2.75, 3.05) is 12.0 Å². The summed E-state index contributed by atoms with van der Waals surface area (Å²) in [5.74, 6) is 1.18. The molecule has 0 radical (unpaired) electrons. The van der Waals surface area contributed by atoms with Crippen LogP contribution in [-0.4, -0.2) is 12.0 Å². The predicted octanol–water partition coefficient (Wildman–Crippen LogP) is 2.96. The van der Waals surface area contributed by atoms with Gasteiger partial charge >= 0.3 is 0 Å². The van der Waals surface area contributed by atoms with Gasteiger partial charge in [-0.15, -0.1) is 23.5 Å². The van der Waals surface area contributed by atoms with Crippen LogP contribution in [-0.2, 0) is 0 Å². The van der Waals surface area contributed by atoms with Crippen molar-refractivity contribution in [3.8, 4) is 0 Å². The minimum atomic E-state index is 1.18. The fraction of sp³-hybridized carbons (Fsp3) is 0.667. The van der Waals surface area contributed by atoms with Gasteiger partial charge in [-0.25, -0.2) is 0 Å². The summed E-state index contributed by atoms with van der Waals surface area (Å²) in [6.45, 7) is 4.25. The number of thioether (sulfide) groups is 2. The Morgan fingerprint density at radius 2 is 2.25 bits per heavy atom. The van der Waals surface area contributed by atoms with E-state index in [1.165, 1.54) is 9.99 Å². The summed E-state index contributed by atoms with van der Waals surface area (Å²) in [5, 5.41) is 0. The maximum absolute atomic E-state index is 2.17. The van der Waals surface area contributed by atoms with Crippen molar-refractivity contribution in [1.82, 2.24) is 0 Å². The summed E-state index contributed by atoms with van der Waals surface area (Å²) in [6, 6.07) is 0. The van der Waals surface area contributed by atoms with Crippen molar-refractivity contribution in [3.63, 3.8) is 0 Å². The molecular formula is C6H12S2. The third-order valence-electron chi connectivity index (χ3n) is 0.723. The molecule has 0 amide bonds. The third kappa shape index (κ3) is 3.44. The molecule has 0 aliphatic carbocycles. The Bertz CT molecular complexity index is 76.6. The smallest absolute Gasteiger partial charge is 0.0355 e. The molecular weight excluding hydrogens is 136 g/mol. The van der Waals surface area contributed by atoms with E-state index in [0.29, 0.717) is 0 Å². The van der Waals surface area contributed by atoms with Gasteiger partial charge in [-0.1, -0.05) is 13.0 Å². The van der Waals surface area contributed by atoms with Gasteiger partial charge in [0.1, 0.15) is 0 Å². The molecule has 0 atom stereocenters. The standard InChI is InChI=1S/C6H12S2/c1-4-6(7-3)8-5-2/h4H,5H2,1-3H3/b6-4+. The zero-order valence-electron chi connectivity index (χ0n) is 5.60. The van der Waals surface area contributed by atoms with Gasteiger partial charge in [-0.05, 0) is 18.9 Å². The number of rotatable bonds is 3. The normalized spacial score (nSPS) is 12.1. The van der Waals surface area contributed by atoms with E-state index in [9.17, 15) is 0 Å². The predicted molar refractivity (Wildman–Crippen MR) is 45.4 cm³/mol. The molecule has 0 bridgehead atoms. The molecule has 0 rings (SSSR count). The van der Waals surface area contributed by atoms with Crippen LogP contribution in [0.5, 0.6) is 0 Å². The van der Waals surface area contributed by atoms with E-state index in [1.54, 1.807) is 0 Å². The Kier molecular flexibility index (Phi) is 5.88. The highest BCUT2D eigenvalue weighted by Gasteiger charge is 1.87. The zero-order valence-corrected chi connectivity index (χ0v) is 7.23. The quantitative estimate of drug-likeness (QED) is 0.603. The van der Waals surface area contributed by atoms with Crippen LogP contribution in [0.15, 0.2) is 10.3 Å². The fourth-order valence-electron chi connectivity index (χ4n) is 0.402. The van der Waals surface area contributed by atoms with Crippen molar-refractivity contribution >= 4 is 23.5 Å². The van der Waals surface area contributed by atoms with Crippen LogP contribution in [0.25, 0.3) is 0 Å². The van der Waals surface area contributed by atoms with Gasteiger partial charge in [-0.2, -0.15) is 0 Å². The molecule has 0 fully saturated rings. The molecule has 48 valence electrons. The van der Waals surface area contributed by atoms with Crippen molar-refractivity contribution in [2.24, 2.45) is 0 Å². The second kappa shape index (κ2) is 5.57. The average molecular weight is 148 g/mol. The van der Waals surface area contributed by atoms with Crippen LogP contribution in [0.2, 0.25) is 0 Å². The molecule has 0 aromatic heterocycles. The molecule has 2 heteroatoms. The van der Waals surface area contributed by atoms with Crippen molar-refractivity contribution in [2.45, 2.75) is 13.8 Å². The van der Waals surface area contributed by atoms with Crippen molar-refractivity contribution < 1.29 is 0 Å². The minimum Gasteiger partial charge on any atom is -0.123 e. The second-order valence-corrected chi connectivity index (χ2v) is 3.66. The SMILES string of the molecule is C/C=C(\SC)SCC. The summed E-state index contributed by atoms with van der Waals surface area (Å²) >= 11 is 3.72. The van der Waals surface area contributed by atoms with Crippen molar-refractivity contribution in [1.29, 1.82) is 0 Å². The Morgan fingerprint density at radius 3 is 2.38 bits per heavy atom. The molecule has 0 aromatic carbocycles. The van der Waals surface area contributed by atoms with Crippen LogP contribution in [0.4, 0.5) is 0 Å². The summed E-state index contributed by atoms with van der Waals surface area (Å²) in [7, 11) is 0. The highest BCUT2D eigenvalue weighted by Crippen LogP contribution is 2.24. The van der Waals surface area contributed by atoms with E-state index in [4.69, 9.17) is 0 Å². The summed E-state index contributed by atoms with van der Waals surface area (Å²) in [5.41, 5.74) is 0. The zero-order chi connectivity index (χ0) is 6.41. The molecule has 0 aliphatic rings. The second-order valence-electron chi connectivity index (χ2n) is 1.24. The highest BCUT2D eigenvalue weighted by molar-refractivity contribution is 8.21. The third-order valence-corrected chi connectivity index (χ3v) is 3.02. The molecule has 0 N–H and O–H groups in total. The lowest BCUT2D eigenvalue weighted by Gasteiger charge is -1.96. The lowest BCUT2D eigenvalue weighted by molar-refractivity contribution is 1.53. The first kappa shape index (κ1) is 8.44. The van der Waals surface area contributed by atoms with Gasteiger partial charge in [0.25, 0.3) is 0 Å². The fourth-order valence-corrected chi connectivity index (χ4v) is 1.91. The van der Waals surface area contributed by atoms with Crippen LogP contribution < -0.4 is 0 Å². The molecule has 0 unspecified atom stereocenters.